The third kappa shape index (κ3) is 3.73. The maximum atomic E-state index is 13.1. The summed E-state index contributed by atoms with van der Waals surface area (Å²) in [5.74, 6) is -0.906. The second kappa shape index (κ2) is 9.12. The van der Waals surface area contributed by atoms with Crippen LogP contribution in [0.4, 0.5) is 0 Å². The molecule has 0 aliphatic carbocycles. The summed E-state index contributed by atoms with van der Waals surface area (Å²) < 4.78 is 22.3. The highest BCUT2D eigenvalue weighted by Crippen LogP contribution is 2.50. The van der Waals surface area contributed by atoms with E-state index in [1.807, 2.05) is 0 Å². The van der Waals surface area contributed by atoms with E-state index in [1.165, 1.54) is 38.5 Å². The van der Waals surface area contributed by atoms with E-state index in [0.29, 0.717) is 5.56 Å². The van der Waals surface area contributed by atoms with Crippen molar-refractivity contribution < 1.29 is 49.3 Å². The first-order chi connectivity index (χ1) is 16.2. The third-order valence-corrected chi connectivity index (χ3v) is 5.83. The molecular weight excluding hydrogens is 452 g/mol. The molecule has 0 spiro atoms. The average Bonchev–Trinajstić information content (AvgIpc) is 2.83. The zero-order valence-corrected chi connectivity index (χ0v) is 18.2. The number of ether oxygens (including phenoxy) is 3. The lowest BCUT2D eigenvalue weighted by Gasteiger charge is -2.40. The normalized spacial score (nSPS) is 24.8. The molecule has 11 nitrogen and oxygen atoms in total. The molecule has 1 aliphatic heterocycles. The lowest BCUT2D eigenvalue weighted by atomic mass is 9.89. The van der Waals surface area contributed by atoms with Gasteiger partial charge in [-0.15, -0.1) is 0 Å². The van der Waals surface area contributed by atoms with Crippen LogP contribution in [0.2, 0.25) is 0 Å². The molecule has 0 bridgehead atoms. The first-order valence-electron chi connectivity index (χ1n) is 10.3. The second-order valence-electron chi connectivity index (χ2n) is 7.80. The van der Waals surface area contributed by atoms with Crippen LogP contribution in [0, 0.1) is 0 Å². The highest BCUT2D eigenvalue weighted by molar-refractivity contribution is 5.93. The van der Waals surface area contributed by atoms with Crippen LogP contribution in [0.25, 0.3) is 22.3 Å². The molecule has 0 unspecified atom stereocenters. The van der Waals surface area contributed by atoms with Gasteiger partial charge in [-0.3, -0.25) is 4.79 Å². The summed E-state index contributed by atoms with van der Waals surface area (Å²) in [5, 5.41) is 60.9. The smallest absolute Gasteiger partial charge is 0.204 e. The van der Waals surface area contributed by atoms with Crippen molar-refractivity contribution in [3.63, 3.8) is 0 Å². The van der Waals surface area contributed by atoms with Gasteiger partial charge in [-0.05, 0) is 24.3 Å². The zero-order valence-electron chi connectivity index (χ0n) is 18.2. The van der Waals surface area contributed by atoms with Crippen LogP contribution >= 0.6 is 0 Å². The van der Waals surface area contributed by atoms with Crippen LogP contribution in [0.15, 0.2) is 39.5 Å². The molecule has 11 heteroatoms. The molecule has 0 amide bonds. The largest absolute Gasteiger partial charge is 0.508 e. The minimum absolute atomic E-state index is 0.00190. The lowest BCUT2D eigenvalue weighted by molar-refractivity contribution is -0.231. The van der Waals surface area contributed by atoms with E-state index in [0.717, 1.165) is 6.07 Å². The van der Waals surface area contributed by atoms with Gasteiger partial charge in [-0.25, -0.2) is 0 Å². The molecule has 1 fully saturated rings. The second-order valence-corrected chi connectivity index (χ2v) is 7.80. The van der Waals surface area contributed by atoms with Crippen LogP contribution in [0.5, 0.6) is 23.0 Å². The highest BCUT2D eigenvalue weighted by Gasteiger charge is 2.47. The summed E-state index contributed by atoms with van der Waals surface area (Å²) in [6.07, 6.45) is -7.78. The predicted octanol–water partition coefficient (Wildman–Crippen LogP) is 0.403. The van der Waals surface area contributed by atoms with Crippen LogP contribution in [-0.2, 0) is 4.74 Å². The summed E-state index contributed by atoms with van der Waals surface area (Å²) in [7, 11) is 2.48. The predicted molar refractivity (Wildman–Crippen MR) is 117 cm³/mol. The number of phenolic OH excluding ortho intramolecular Hbond substituents is 2. The summed E-state index contributed by atoms with van der Waals surface area (Å²) in [6, 6.07) is 6.94. The van der Waals surface area contributed by atoms with Crippen LogP contribution in [0.3, 0.4) is 0 Å². The van der Waals surface area contributed by atoms with Crippen molar-refractivity contribution in [2.75, 3.05) is 20.8 Å². The monoisotopic (exact) mass is 476 g/mol. The Bertz CT molecular complexity index is 1250. The van der Waals surface area contributed by atoms with Gasteiger partial charge in [0.25, 0.3) is 0 Å². The summed E-state index contributed by atoms with van der Waals surface area (Å²) in [4.78, 5) is 13.1. The van der Waals surface area contributed by atoms with Gasteiger partial charge < -0.3 is 49.3 Å². The van der Waals surface area contributed by atoms with Crippen molar-refractivity contribution >= 4 is 11.0 Å². The topological polar surface area (TPSA) is 179 Å². The van der Waals surface area contributed by atoms with E-state index < -0.39 is 48.3 Å². The van der Waals surface area contributed by atoms with E-state index in [9.17, 15) is 35.4 Å². The molecule has 34 heavy (non-hydrogen) atoms. The summed E-state index contributed by atoms with van der Waals surface area (Å²) in [5.41, 5.74) is -0.545. The fraction of sp³-hybridized carbons (Fsp3) is 0.348. The van der Waals surface area contributed by atoms with Crippen molar-refractivity contribution in [3.8, 4) is 34.3 Å². The van der Waals surface area contributed by atoms with Crippen molar-refractivity contribution in [1.82, 2.24) is 0 Å². The SMILES string of the molecule is COc1c(OC)c(O)c2c(=O)cc(-c3ccc(O)cc3)oc2c1[C@H]1O[C@@H](CO)[C@@H](O)[C@@H](O)[C@H]1O. The number of fused-ring (bicyclic) bond motifs is 1. The van der Waals surface area contributed by atoms with E-state index in [-0.39, 0.29) is 39.5 Å². The van der Waals surface area contributed by atoms with Gasteiger partial charge in [-0.1, -0.05) is 0 Å². The van der Waals surface area contributed by atoms with Crippen LogP contribution in [-0.4, -0.2) is 75.9 Å². The molecule has 3 aromatic rings. The number of rotatable bonds is 5. The number of hydrogen-bond donors (Lipinski definition) is 6. The van der Waals surface area contributed by atoms with E-state index in [1.54, 1.807) is 0 Å². The molecule has 2 aromatic carbocycles. The van der Waals surface area contributed by atoms with E-state index in [2.05, 4.69) is 0 Å². The van der Waals surface area contributed by atoms with Crippen molar-refractivity contribution in [1.29, 1.82) is 0 Å². The molecule has 1 aliphatic rings. The fourth-order valence-electron chi connectivity index (χ4n) is 4.11. The first kappa shape index (κ1) is 23.8. The van der Waals surface area contributed by atoms with Crippen molar-refractivity contribution in [2.45, 2.75) is 30.5 Å². The number of aliphatic hydroxyl groups excluding tert-OH is 4. The van der Waals surface area contributed by atoms with E-state index in [4.69, 9.17) is 18.6 Å². The van der Waals surface area contributed by atoms with Gasteiger partial charge >= 0.3 is 0 Å². The molecule has 182 valence electrons. The van der Waals surface area contributed by atoms with Crippen LogP contribution in [0.1, 0.15) is 11.7 Å². The standard InChI is InChI=1S/C23H24O11/c1-31-22-15(21-19(30)18(29)16(27)13(8-24)34-21)20-14(17(28)23(22)32-2)11(26)7-12(33-20)9-3-5-10(25)6-4-9/h3-7,13,16,18-19,21,24-25,27-30H,8H2,1-2H3/t13-,16+,18+,19+,21+/m0/s1. The minimum atomic E-state index is -1.73. The molecule has 0 saturated carbocycles. The molecule has 2 heterocycles. The summed E-state index contributed by atoms with van der Waals surface area (Å²) >= 11 is 0. The molecule has 5 atom stereocenters. The maximum Gasteiger partial charge on any atom is 0.204 e. The third-order valence-electron chi connectivity index (χ3n) is 5.83. The molecule has 1 saturated heterocycles. The Hall–Kier alpha value is -3.35. The number of benzene rings is 2. The minimum Gasteiger partial charge on any atom is -0.508 e. The Morgan fingerprint density at radius 3 is 2.18 bits per heavy atom. The fourth-order valence-corrected chi connectivity index (χ4v) is 4.11. The van der Waals surface area contributed by atoms with Gasteiger partial charge in [-0.2, -0.15) is 0 Å². The van der Waals surface area contributed by atoms with Gasteiger partial charge in [0.2, 0.25) is 5.75 Å². The van der Waals surface area contributed by atoms with Crippen LogP contribution < -0.4 is 14.9 Å². The Kier molecular flexibility index (Phi) is 6.39. The molecule has 1 aromatic heterocycles. The average molecular weight is 476 g/mol. The number of hydrogen-bond acceptors (Lipinski definition) is 11. The number of phenols is 2. The summed E-state index contributed by atoms with van der Waals surface area (Å²) in [6.45, 7) is -0.681. The Balaban J connectivity index is 2.06. The number of aromatic hydroxyl groups is 2. The number of methoxy groups -OCH3 is 2. The van der Waals surface area contributed by atoms with E-state index >= 15 is 0 Å². The van der Waals surface area contributed by atoms with Crippen molar-refractivity contribution in [3.05, 3.63) is 46.1 Å². The Morgan fingerprint density at radius 2 is 1.59 bits per heavy atom. The molecule has 4 rings (SSSR count). The maximum absolute atomic E-state index is 13.1. The first-order valence-corrected chi connectivity index (χ1v) is 10.3. The number of aliphatic hydroxyl groups is 4. The van der Waals surface area contributed by atoms with Crippen molar-refractivity contribution in [2.24, 2.45) is 0 Å². The zero-order chi connectivity index (χ0) is 24.7. The highest BCUT2D eigenvalue weighted by atomic mass is 16.5. The molecule has 6 N–H and O–H groups in total. The van der Waals surface area contributed by atoms with Gasteiger partial charge in [0.15, 0.2) is 22.5 Å². The molecular formula is C23H24O11. The molecule has 0 radical (unpaired) electrons. The quantitative estimate of drug-likeness (QED) is 0.300. The van der Waals surface area contributed by atoms with Gasteiger partial charge in [0, 0.05) is 11.6 Å². The Labute approximate surface area is 192 Å². The Morgan fingerprint density at radius 1 is 0.941 bits per heavy atom. The van der Waals surface area contributed by atoms with Gasteiger partial charge in [0.05, 0.1) is 26.4 Å². The van der Waals surface area contributed by atoms with Gasteiger partial charge in [0.1, 0.15) is 47.4 Å². The lowest BCUT2D eigenvalue weighted by Crippen LogP contribution is -2.55.